The van der Waals surface area contributed by atoms with Crippen molar-refractivity contribution in [3.05, 3.63) is 35.8 Å². The van der Waals surface area contributed by atoms with Gasteiger partial charge in [0.25, 0.3) is 0 Å². The van der Waals surface area contributed by atoms with Gasteiger partial charge in [-0.15, -0.1) is 6.58 Å². The normalized spacial score (nSPS) is 12.8. The molecule has 1 rings (SSSR count). The lowest BCUT2D eigenvalue weighted by atomic mass is 10.0. The van der Waals surface area contributed by atoms with E-state index in [4.69, 9.17) is 4.42 Å². The van der Waals surface area contributed by atoms with E-state index in [1.807, 2.05) is 20.9 Å². The second-order valence-electron chi connectivity index (χ2n) is 3.49. The molecule has 0 aromatic carbocycles. The van der Waals surface area contributed by atoms with Crippen molar-refractivity contribution < 1.29 is 4.42 Å². The maximum Gasteiger partial charge on any atom is 0.101 e. The van der Waals surface area contributed by atoms with Crippen LogP contribution in [-0.2, 0) is 0 Å². The van der Waals surface area contributed by atoms with Gasteiger partial charge in [0, 0.05) is 11.6 Å². The summed E-state index contributed by atoms with van der Waals surface area (Å²) in [4.78, 5) is 0. The Labute approximate surface area is 79.6 Å². The summed E-state index contributed by atoms with van der Waals surface area (Å²) >= 11 is 0. The average Bonchev–Trinajstić information content (AvgIpc) is 2.47. The molecule has 1 aromatic rings. The van der Waals surface area contributed by atoms with Gasteiger partial charge in [0.2, 0.25) is 0 Å². The van der Waals surface area contributed by atoms with E-state index in [9.17, 15) is 0 Å². The van der Waals surface area contributed by atoms with Gasteiger partial charge in [-0.2, -0.15) is 0 Å². The third kappa shape index (κ3) is 2.74. The van der Waals surface area contributed by atoms with Crippen LogP contribution in [-0.4, -0.2) is 7.05 Å². The summed E-state index contributed by atoms with van der Waals surface area (Å²) in [5.74, 6) is 0.956. The molecule has 0 fully saturated rings. The van der Waals surface area contributed by atoms with Crippen LogP contribution < -0.4 is 5.32 Å². The van der Waals surface area contributed by atoms with E-state index in [-0.39, 0.29) is 0 Å². The summed E-state index contributed by atoms with van der Waals surface area (Å²) in [6.45, 7) is 7.90. The number of rotatable bonds is 4. The molecule has 72 valence electrons. The Bertz CT molecular complexity index is 288. The smallest absolute Gasteiger partial charge is 0.101 e. The lowest BCUT2D eigenvalue weighted by Gasteiger charge is -2.13. The van der Waals surface area contributed by atoms with E-state index in [0.29, 0.717) is 6.04 Å². The van der Waals surface area contributed by atoms with Gasteiger partial charge in [-0.1, -0.05) is 5.57 Å². The van der Waals surface area contributed by atoms with Gasteiger partial charge in [-0.05, 0) is 33.4 Å². The Morgan fingerprint density at radius 2 is 2.38 bits per heavy atom. The van der Waals surface area contributed by atoms with E-state index in [1.165, 1.54) is 11.1 Å². The molecule has 1 atom stereocenters. The van der Waals surface area contributed by atoms with Crippen molar-refractivity contribution in [2.75, 3.05) is 7.05 Å². The fourth-order valence-electron chi connectivity index (χ4n) is 1.38. The van der Waals surface area contributed by atoms with Crippen molar-refractivity contribution in [3.63, 3.8) is 0 Å². The first kappa shape index (κ1) is 10.1. The third-order valence-electron chi connectivity index (χ3n) is 2.05. The maximum absolute atomic E-state index is 5.26. The van der Waals surface area contributed by atoms with Crippen molar-refractivity contribution in [2.24, 2.45) is 0 Å². The van der Waals surface area contributed by atoms with Crippen LogP contribution in [0.5, 0.6) is 0 Å². The van der Waals surface area contributed by atoms with E-state index >= 15 is 0 Å². The molecule has 1 unspecified atom stereocenters. The van der Waals surface area contributed by atoms with Gasteiger partial charge in [0.1, 0.15) is 5.76 Å². The van der Waals surface area contributed by atoms with Gasteiger partial charge in [0.05, 0.1) is 6.26 Å². The zero-order chi connectivity index (χ0) is 9.84. The van der Waals surface area contributed by atoms with E-state index in [0.717, 1.165) is 12.2 Å². The van der Waals surface area contributed by atoms with Crippen LogP contribution in [0.25, 0.3) is 0 Å². The monoisotopic (exact) mass is 179 g/mol. The standard InChI is InChI=1S/C11H17NO/c1-8(2)5-11(12-4)10-6-9(3)13-7-10/h6-7,11-12H,1,5H2,2-4H3. The Morgan fingerprint density at radius 3 is 2.77 bits per heavy atom. The first-order valence-electron chi connectivity index (χ1n) is 4.50. The molecule has 0 bridgehead atoms. The molecule has 0 aliphatic carbocycles. The quantitative estimate of drug-likeness (QED) is 0.719. The minimum absolute atomic E-state index is 0.329. The summed E-state index contributed by atoms with van der Waals surface area (Å²) in [6, 6.07) is 2.39. The molecule has 0 saturated heterocycles. The zero-order valence-electron chi connectivity index (χ0n) is 8.55. The number of aryl methyl sites for hydroxylation is 1. The highest BCUT2D eigenvalue weighted by Gasteiger charge is 2.10. The molecular weight excluding hydrogens is 162 g/mol. The first-order valence-corrected chi connectivity index (χ1v) is 4.50. The summed E-state index contributed by atoms with van der Waals surface area (Å²) < 4.78 is 5.26. The molecular formula is C11H17NO. The first-order chi connectivity index (χ1) is 6.13. The predicted octanol–water partition coefficient (Wildman–Crippen LogP) is 2.81. The lowest BCUT2D eigenvalue weighted by Crippen LogP contribution is -2.15. The number of hydrogen-bond donors (Lipinski definition) is 1. The zero-order valence-corrected chi connectivity index (χ0v) is 8.55. The van der Waals surface area contributed by atoms with Crippen LogP contribution in [0.15, 0.2) is 28.9 Å². The number of nitrogens with one attached hydrogen (secondary N) is 1. The molecule has 0 saturated carbocycles. The van der Waals surface area contributed by atoms with Crippen LogP contribution >= 0.6 is 0 Å². The van der Waals surface area contributed by atoms with Gasteiger partial charge < -0.3 is 9.73 Å². The van der Waals surface area contributed by atoms with Crippen LogP contribution in [0.4, 0.5) is 0 Å². The summed E-state index contributed by atoms with van der Waals surface area (Å²) in [6.07, 6.45) is 2.76. The second-order valence-corrected chi connectivity index (χ2v) is 3.49. The number of furan rings is 1. The molecule has 0 amide bonds. The second kappa shape index (κ2) is 4.28. The molecule has 2 heteroatoms. The third-order valence-corrected chi connectivity index (χ3v) is 2.05. The summed E-state index contributed by atoms with van der Waals surface area (Å²) in [5.41, 5.74) is 2.38. The SMILES string of the molecule is C=C(C)CC(NC)c1coc(C)c1. The van der Waals surface area contributed by atoms with E-state index in [2.05, 4.69) is 18.0 Å². The van der Waals surface area contributed by atoms with Crippen LogP contribution in [0.3, 0.4) is 0 Å². The summed E-state index contributed by atoms with van der Waals surface area (Å²) in [5, 5.41) is 3.24. The largest absolute Gasteiger partial charge is 0.469 e. The Morgan fingerprint density at radius 1 is 1.69 bits per heavy atom. The Balaban J connectivity index is 2.72. The Kier molecular flexibility index (Phi) is 3.32. The predicted molar refractivity (Wildman–Crippen MR) is 54.7 cm³/mol. The molecule has 0 aliphatic heterocycles. The van der Waals surface area contributed by atoms with Crippen LogP contribution in [0.2, 0.25) is 0 Å². The highest BCUT2D eigenvalue weighted by molar-refractivity contribution is 5.18. The van der Waals surface area contributed by atoms with Crippen molar-refractivity contribution in [3.8, 4) is 0 Å². The van der Waals surface area contributed by atoms with Crippen molar-refractivity contribution in [1.82, 2.24) is 5.32 Å². The molecule has 13 heavy (non-hydrogen) atoms. The topological polar surface area (TPSA) is 25.2 Å². The molecule has 0 radical (unpaired) electrons. The molecule has 1 heterocycles. The van der Waals surface area contributed by atoms with Gasteiger partial charge in [0.15, 0.2) is 0 Å². The van der Waals surface area contributed by atoms with Crippen molar-refractivity contribution >= 4 is 0 Å². The fraction of sp³-hybridized carbons (Fsp3) is 0.455. The molecule has 1 N–H and O–H groups in total. The van der Waals surface area contributed by atoms with Gasteiger partial charge >= 0.3 is 0 Å². The molecule has 2 nitrogen and oxygen atoms in total. The van der Waals surface area contributed by atoms with Crippen molar-refractivity contribution in [2.45, 2.75) is 26.3 Å². The van der Waals surface area contributed by atoms with Gasteiger partial charge in [-0.25, -0.2) is 0 Å². The highest BCUT2D eigenvalue weighted by atomic mass is 16.3. The summed E-state index contributed by atoms with van der Waals surface area (Å²) in [7, 11) is 1.95. The fourth-order valence-corrected chi connectivity index (χ4v) is 1.38. The lowest BCUT2D eigenvalue weighted by molar-refractivity contribution is 0.520. The molecule has 0 spiro atoms. The van der Waals surface area contributed by atoms with Gasteiger partial charge in [-0.3, -0.25) is 0 Å². The maximum atomic E-state index is 5.26. The molecule has 1 aromatic heterocycles. The van der Waals surface area contributed by atoms with E-state index in [1.54, 1.807) is 6.26 Å². The van der Waals surface area contributed by atoms with Crippen molar-refractivity contribution in [1.29, 1.82) is 0 Å². The highest BCUT2D eigenvalue weighted by Crippen LogP contribution is 2.21. The Hall–Kier alpha value is -1.02. The van der Waals surface area contributed by atoms with E-state index < -0.39 is 0 Å². The van der Waals surface area contributed by atoms with Crippen LogP contribution in [0.1, 0.15) is 30.7 Å². The minimum atomic E-state index is 0.329. The average molecular weight is 179 g/mol. The number of hydrogen-bond acceptors (Lipinski definition) is 2. The minimum Gasteiger partial charge on any atom is -0.469 e. The molecule has 0 aliphatic rings. The van der Waals surface area contributed by atoms with Crippen LogP contribution in [0, 0.1) is 6.92 Å².